The Kier molecular flexibility index (Phi) is 7.04. The molecule has 0 bridgehead atoms. The summed E-state index contributed by atoms with van der Waals surface area (Å²) in [5, 5.41) is 7.71. The lowest BCUT2D eigenvalue weighted by molar-refractivity contribution is 0.0526. The first kappa shape index (κ1) is 20.8. The molecule has 150 valence electrons. The molecule has 0 spiro atoms. The smallest absolute Gasteiger partial charge is 0.341 e. The summed E-state index contributed by atoms with van der Waals surface area (Å²) < 4.78 is 5.33. The third-order valence-corrected chi connectivity index (χ3v) is 5.86. The van der Waals surface area contributed by atoms with Gasteiger partial charge in [0.15, 0.2) is 5.11 Å². The van der Waals surface area contributed by atoms with Gasteiger partial charge in [-0.1, -0.05) is 30.3 Å². The van der Waals surface area contributed by atoms with Crippen molar-refractivity contribution < 1.29 is 9.53 Å². The summed E-state index contributed by atoms with van der Waals surface area (Å²) in [5.41, 5.74) is 3.05. The molecule has 0 atom stereocenters. The molecule has 1 aliphatic heterocycles. The number of anilines is 1. The topological polar surface area (TPSA) is 53.6 Å². The number of thiophene rings is 1. The summed E-state index contributed by atoms with van der Waals surface area (Å²) in [4.78, 5) is 16.3. The van der Waals surface area contributed by atoms with Gasteiger partial charge in [0.1, 0.15) is 5.00 Å². The number of rotatable bonds is 6. The Bertz CT molecular complexity index is 834. The van der Waals surface area contributed by atoms with Crippen molar-refractivity contribution >= 4 is 39.6 Å². The number of carbonyl (C=O) groups is 1. The fourth-order valence-corrected chi connectivity index (χ4v) is 5.03. The predicted octanol–water partition coefficient (Wildman–Crippen LogP) is 4.18. The number of fused-ring (bicyclic) bond motifs is 1. The van der Waals surface area contributed by atoms with E-state index >= 15 is 0 Å². The quantitative estimate of drug-likeness (QED) is 0.543. The minimum Gasteiger partial charge on any atom is -0.462 e. The van der Waals surface area contributed by atoms with Crippen molar-refractivity contribution in [2.45, 2.75) is 46.3 Å². The van der Waals surface area contributed by atoms with Crippen LogP contribution in [0, 0.1) is 0 Å². The van der Waals surface area contributed by atoms with Gasteiger partial charge in [-0.2, -0.15) is 0 Å². The number of ether oxygens (including phenoxy) is 1. The summed E-state index contributed by atoms with van der Waals surface area (Å²) in [5.74, 6) is -0.272. The normalized spacial score (nSPS) is 13.9. The molecule has 0 radical (unpaired) electrons. The third kappa shape index (κ3) is 5.10. The Morgan fingerprint density at radius 3 is 2.75 bits per heavy atom. The van der Waals surface area contributed by atoms with E-state index in [1.807, 2.05) is 26.8 Å². The first-order valence-corrected chi connectivity index (χ1v) is 10.9. The average Bonchev–Trinajstić information content (AvgIpc) is 2.99. The van der Waals surface area contributed by atoms with Crippen molar-refractivity contribution in [2.75, 3.05) is 18.5 Å². The summed E-state index contributed by atoms with van der Waals surface area (Å²) in [6, 6.07) is 10.7. The molecule has 2 heterocycles. The van der Waals surface area contributed by atoms with Crippen LogP contribution in [0.4, 0.5) is 5.00 Å². The molecular weight excluding hydrogens is 390 g/mol. The Hall–Kier alpha value is -1.96. The van der Waals surface area contributed by atoms with E-state index in [-0.39, 0.29) is 12.0 Å². The highest BCUT2D eigenvalue weighted by Crippen LogP contribution is 2.38. The average molecular weight is 418 g/mol. The number of benzene rings is 1. The molecule has 1 aromatic carbocycles. The first-order chi connectivity index (χ1) is 13.5. The Morgan fingerprint density at radius 1 is 1.32 bits per heavy atom. The van der Waals surface area contributed by atoms with Gasteiger partial charge in [0.2, 0.25) is 0 Å². The molecule has 0 aliphatic carbocycles. The Labute approximate surface area is 176 Å². The predicted molar refractivity (Wildman–Crippen MR) is 119 cm³/mol. The molecule has 3 rings (SSSR count). The summed E-state index contributed by atoms with van der Waals surface area (Å²) in [6.07, 6.45) is 0.832. The van der Waals surface area contributed by atoms with Crippen LogP contribution in [0.25, 0.3) is 0 Å². The maximum atomic E-state index is 12.6. The van der Waals surface area contributed by atoms with Crippen molar-refractivity contribution in [3.8, 4) is 0 Å². The molecule has 2 aromatic rings. The number of nitrogens with zero attached hydrogens (tertiary/aromatic N) is 1. The minimum absolute atomic E-state index is 0.224. The molecule has 2 N–H and O–H groups in total. The Morgan fingerprint density at radius 2 is 2.07 bits per heavy atom. The zero-order valence-electron chi connectivity index (χ0n) is 16.6. The van der Waals surface area contributed by atoms with E-state index in [0.717, 1.165) is 36.6 Å². The lowest BCUT2D eigenvalue weighted by atomic mass is 10.0. The van der Waals surface area contributed by atoms with Crippen LogP contribution in [0.3, 0.4) is 0 Å². The monoisotopic (exact) mass is 417 g/mol. The standard InChI is InChI=1S/C21H27N3O2S2/c1-4-26-20(25)18-16-10-11-24(12-15-8-6-5-7-9-15)13-17(16)28-19(18)23-21(27)22-14(2)3/h5-9,14H,4,10-13H2,1-3H3,(H2,22,23,27). The second kappa shape index (κ2) is 9.49. The molecular formula is C21H27N3O2S2. The second-order valence-corrected chi connectivity index (χ2v) is 8.64. The van der Waals surface area contributed by atoms with E-state index < -0.39 is 0 Å². The molecule has 1 aromatic heterocycles. The Balaban J connectivity index is 1.82. The van der Waals surface area contributed by atoms with Crippen LogP contribution in [0.15, 0.2) is 30.3 Å². The zero-order valence-corrected chi connectivity index (χ0v) is 18.2. The maximum Gasteiger partial charge on any atom is 0.341 e. The van der Waals surface area contributed by atoms with E-state index in [2.05, 4.69) is 39.8 Å². The number of carbonyl (C=O) groups excluding carboxylic acids is 1. The van der Waals surface area contributed by atoms with Gasteiger partial charge >= 0.3 is 5.97 Å². The molecule has 1 aliphatic rings. The lowest BCUT2D eigenvalue weighted by Gasteiger charge is -2.27. The molecule has 28 heavy (non-hydrogen) atoms. The molecule has 0 fully saturated rings. The van der Waals surface area contributed by atoms with Crippen LogP contribution >= 0.6 is 23.6 Å². The molecule has 0 saturated heterocycles. The van der Waals surface area contributed by atoms with Crippen LogP contribution in [-0.4, -0.2) is 35.2 Å². The fraction of sp³-hybridized carbons (Fsp3) is 0.429. The van der Waals surface area contributed by atoms with E-state index in [1.165, 1.54) is 10.4 Å². The van der Waals surface area contributed by atoms with Gasteiger partial charge in [0.05, 0.1) is 12.2 Å². The number of nitrogens with one attached hydrogen (secondary N) is 2. The molecule has 0 saturated carbocycles. The lowest BCUT2D eigenvalue weighted by Crippen LogP contribution is -2.34. The maximum absolute atomic E-state index is 12.6. The SMILES string of the molecule is CCOC(=O)c1c(NC(=S)NC(C)C)sc2c1CCN(Cc1ccccc1)C2. The van der Waals surface area contributed by atoms with Crippen LogP contribution in [-0.2, 0) is 24.2 Å². The highest BCUT2D eigenvalue weighted by molar-refractivity contribution is 7.80. The molecule has 7 heteroatoms. The van der Waals surface area contributed by atoms with Crippen molar-refractivity contribution in [3.05, 3.63) is 51.9 Å². The van der Waals surface area contributed by atoms with E-state index in [4.69, 9.17) is 17.0 Å². The summed E-state index contributed by atoms with van der Waals surface area (Å²) >= 11 is 7.00. The number of hydrogen-bond acceptors (Lipinski definition) is 5. The van der Waals surface area contributed by atoms with Crippen molar-refractivity contribution in [2.24, 2.45) is 0 Å². The van der Waals surface area contributed by atoms with Gasteiger partial charge in [0.25, 0.3) is 0 Å². The minimum atomic E-state index is -0.272. The van der Waals surface area contributed by atoms with Crippen LogP contribution in [0.1, 0.15) is 47.1 Å². The van der Waals surface area contributed by atoms with Gasteiger partial charge in [-0.15, -0.1) is 11.3 Å². The third-order valence-electron chi connectivity index (χ3n) is 4.51. The first-order valence-electron chi connectivity index (χ1n) is 9.63. The molecule has 0 amide bonds. The van der Waals surface area contributed by atoms with Gasteiger partial charge in [-0.05, 0) is 50.5 Å². The highest BCUT2D eigenvalue weighted by atomic mass is 32.1. The van der Waals surface area contributed by atoms with Gasteiger partial charge < -0.3 is 15.4 Å². The van der Waals surface area contributed by atoms with Crippen molar-refractivity contribution in [3.63, 3.8) is 0 Å². The van der Waals surface area contributed by atoms with Crippen molar-refractivity contribution in [1.82, 2.24) is 10.2 Å². The largest absolute Gasteiger partial charge is 0.462 e. The van der Waals surface area contributed by atoms with E-state index in [0.29, 0.717) is 17.3 Å². The van der Waals surface area contributed by atoms with Crippen LogP contribution in [0.5, 0.6) is 0 Å². The van der Waals surface area contributed by atoms with Gasteiger partial charge in [0, 0.05) is 30.6 Å². The van der Waals surface area contributed by atoms with E-state index in [1.54, 1.807) is 11.3 Å². The molecule has 5 nitrogen and oxygen atoms in total. The van der Waals surface area contributed by atoms with Crippen LogP contribution in [0.2, 0.25) is 0 Å². The van der Waals surface area contributed by atoms with Gasteiger partial charge in [-0.3, -0.25) is 4.90 Å². The van der Waals surface area contributed by atoms with Crippen molar-refractivity contribution in [1.29, 1.82) is 0 Å². The summed E-state index contributed by atoms with van der Waals surface area (Å²) in [7, 11) is 0. The number of esters is 1. The molecule has 0 unspecified atom stereocenters. The second-order valence-electron chi connectivity index (χ2n) is 7.13. The fourth-order valence-electron chi connectivity index (χ4n) is 3.34. The van der Waals surface area contributed by atoms with Gasteiger partial charge in [-0.25, -0.2) is 4.79 Å². The number of thiocarbonyl (C=S) groups is 1. The number of hydrogen-bond donors (Lipinski definition) is 2. The van der Waals surface area contributed by atoms with E-state index in [9.17, 15) is 4.79 Å². The zero-order chi connectivity index (χ0) is 20.1. The summed E-state index contributed by atoms with van der Waals surface area (Å²) in [6.45, 7) is 8.89. The van der Waals surface area contributed by atoms with Crippen LogP contribution < -0.4 is 10.6 Å². The highest BCUT2D eigenvalue weighted by Gasteiger charge is 2.29.